The summed E-state index contributed by atoms with van der Waals surface area (Å²) >= 11 is 0. The zero-order valence-corrected chi connectivity index (χ0v) is 19.1. The van der Waals surface area contributed by atoms with E-state index < -0.39 is 0 Å². The van der Waals surface area contributed by atoms with Gasteiger partial charge in [0.15, 0.2) is 0 Å². The summed E-state index contributed by atoms with van der Waals surface area (Å²) in [5.74, 6) is 1.88. The van der Waals surface area contributed by atoms with Crippen LogP contribution < -0.4 is 9.64 Å². The molecule has 1 N–H and O–H groups in total. The minimum atomic E-state index is -0.210. The number of pyridine rings is 1. The first-order valence-corrected chi connectivity index (χ1v) is 11.5. The molecule has 0 saturated carbocycles. The molecular formula is C25H31N3O4. The van der Waals surface area contributed by atoms with Crippen LogP contribution in [0.4, 0.5) is 5.82 Å². The molecule has 0 unspecified atom stereocenters. The topological polar surface area (TPSA) is 75.1 Å². The van der Waals surface area contributed by atoms with Crippen molar-refractivity contribution in [3.8, 4) is 5.75 Å². The first-order chi connectivity index (χ1) is 15.5. The number of fused-ring (bicyclic) bond motifs is 2. The van der Waals surface area contributed by atoms with E-state index >= 15 is 0 Å². The number of hydrogen-bond acceptors (Lipinski definition) is 6. The van der Waals surface area contributed by atoms with Crippen molar-refractivity contribution in [3.63, 3.8) is 0 Å². The van der Waals surface area contributed by atoms with E-state index in [0.29, 0.717) is 25.3 Å². The second kappa shape index (κ2) is 8.37. The Bertz CT molecular complexity index is 1050. The molecular weight excluding hydrogens is 406 g/mol. The zero-order chi connectivity index (χ0) is 22.4. The third-order valence-electron chi connectivity index (χ3n) is 7.13. The Balaban J connectivity index is 1.28. The number of aliphatic hydroxyl groups is 1. The van der Waals surface area contributed by atoms with Gasteiger partial charge < -0.3 is 24.4 Å². The quantitative estimate of drug-likeness (QED) is 0.775. The van der Waals surface area contributed by atoms with Crippen LogP contribution >= 0.6 is 0 Å². The number of rotatable bonds is 5. The van der Waals surface area contributed by atoms with Crippen LogP contribution in [0.5, 0.6) is 5.75 Å². The maximum atomic E-state index is 12.9. The van der Waals surface area contributed by atoms with Gasteiger partial charge in [-0.2, -0.15) is 0 Å². The predicted octanol–water partition coefficient (Wildman–Crippen LogP) is 3.11. The number of anilines is 1. The molecule has 32 heavy (non-hydrogen) atoms. The molecule has 0 radical (unpaired) electrons. The number of benzene rings is 1. The number of ether oxygens (including phenoxy) is 2. The van der Waals surface area contributed by atoms with Crippen LogP contribution in [0.3, 0.4) is 0 Å². The fourth-order valence-electron chi connectivity index (χ4n) is 4.98. The number of amides is 1. The summed E-state index contributed by atoms with van der Waals surface area (Å²) in [5, 5.41) is 9.51. The molecule has 7 nitrogen and oxygen atoms in total. The van der Waals surface area contributed by atoms with Crippen molar-refractivity contribution in [1.82, 2.24) is 9.88 Å². The largest absolute Gasteiger partial charge is 0.490 e. The van der Waals surface area contributed by atoms with Gasteiger partial charge in [-0.05, 0) is 55.2 Å². The smallest absolute Gasteiger partial charge is 0.256 e. The Morgan fingerprint density at radius 3 is 2.69 bits per heavy atom. The van der Waals surface area contributed by atoms with Gasteiger partial charge >= 0.3 is 0 Å². The number of carbonyl (C=O) groups excluding carboxylic acids is 1. The van der Waals surface area contributed by atoms with E-state index in [4.69, 9.17) is 14.5 Å². The van der Waals surface area contributed by atoms with E-state index in [-0.39, 0.29) is 24.7 Å². The Morgan fingerprint density at radius 2 is 1.94 bits per heavy atom. The molecule has 0 bridgehead atoms. The summed E-state index contributed by atoms with van der Waals surface area (Å²) in [7, 11) is 0. The maximum absolute atomic E-state index is 12.9. The second-order valence-electron chi connectivity index (χ2n) is 9.20. The molecule has 0 spiro atoms. The first kappa shape index (κ1) is 21.2. The Hall–Kier alpha value is -2.64. The van der Waals surface area contributed by atoms with Crippen LogP contribution in [-0.2, 0) is 24.5 Å². The van der Waals surface area contributed by atoms with Crippen molar-refractivity contribution >= 4 is 11.7 Å². The van der Waals surface area contributed by atoms with E-state index in [9.17, 15) is 9.90 Å². The highest BCUT2D eigenvalue weighted by Crippen LogP contribution is 2.34. The van der Waals surface area contributed by atoms with E-state index in [1.54, 1.807) is 4.90 Å². The molecule has 1 saturated heterocycles. The van der Waals surface area contributed by atoms with Gasteiger partial charge in [0.05, 0.1) is 43.7 Å². The summed E-state index contributed by atoms with van der Waals surface area (Å²) in [5.41, 5.74) is 6.09. The average Bonchev–Trinajstić information content (AvgIpc) is 3.40. The Kier molecular flexibility index (Phi) is 5.55. The highest BCUT2D eigenvalue weighted by molar-refractivity contribution is 6.00. The molecule has 1 fully saturated rings. The van der Waals surface area contributed by atoms with Crippen LogP contribution in [0.2, 0.25) is 0 Å². The third kappa shape index (κ3) is 3.63. The molecule has 4 heterocycles. The summed E-state index contributed by atoms with van der Waals surface area (Å²) in [6.07, 6.45) is 2.04. The highest BCUT2D eigenvalue weighted by atomic mass is 16.5. The van der Waals surface area contributed by atoms with Gasteiger partial charge in [0.2, 0.25) is 0 Å². The third-order valence-corrected chi connectivity index (χ3v) is 7.13. The lowest BCUT2D eigenvalue weighted by Gasteiger charge is -2.34. The number of piperidine rings is 1. The van der Waals surface area contributed by atoms with Gasteiger partial charge in [0, 0.05) is 25.9 Å². The van der Waals surface area contributed by atoms with Crippen LogP contribution in [-0.4, -0.2) is 52.7 Å². The zero-order valence-electron chi connectivity index (χ0n) is 19.1. The number of aliphatic hydroxyl groups excluding tert-OH is 1. The van der Waals surface area contributed by atoms with Gasteiger partial charge in [0.25, 0.3) is 5.91 Å². The monoisotopic (exact) mass is 437 g/mol. The van der Waals surface area contributed by atoms with E-state index in [1.165, 1.54) is 11.1 Å². The van der Waals surface area contributed by atoms with Crippen molar-refractivity contribution in [1.29, 1.82) is 0 Å². The van der Waals surface area contributed by atoms with Gasteiger partial charge in [-0.15, -0.1) is 0 Å². The lowest BCUT2D eigenvalue weighted by molar-refractivity contribution is 0.0642. The number of aromatic nitrogens is 1. The summed E-state index contributed by atoms with van der Waals surface area (Å²) in [4.78, 5) is 21.9. The van der Waals surface area contributed by atoms with Crippen LogP contribution in [0.15, 0.2) is 18.2 Å². The second-order valence-corrected chi connectivity index (χ2v) is 9.20. The number of carbonyl (C=O) groups is 1. The average molecular weight is 438 g/mol. The van der Waals surface area contributed by atoms with Gasteiger partial charge in [-0.25, -0.2) is 4.98 Å². The van der Waals surface area contributed by atoms with Gasteiger partial charge in [-0.3, -0.25) is 4.79 Å². The Labute approximate surface area is 189 Å². The first-order valence-electron chi connectivity index (χ1n) is 11.5. The molecule has 1 amide bonds. The fourth-order valence-corrected chi connectivity index (χ4v) is 4.98. The van der Waals surface area contributed by atoms with Gasteiger partial charge in [-0.1, -0.05) is 6.07 Å². The summed E-state index contributed by atoms with van der Waals surface area (Å²) < 4.78 is 11.8. The number of nitrogens with zero attached hydrogens (tertiary/aromatic N) is 3. The fraction of sp³-hybridized carbons (Fsp3) is 0.520. The Morgan fingerprint density at radius 1 is 1.19 bits per heavy atom. The van der Waals surface area contributed by atoms with Crippen molar-refractivity contribution in [2.24, 2.45) is 0 Å². The van der Waals surface area contributed by atoms with E-state index in [0.717, 1.165) is 54.3 Å². The molecule has 3 aliphatic rings. The minimum Gasteiger partial charge on any atom is -0.490 e. The minimum absolute atomic E-state index is 0.0203. The predicted molar refractivity (Wildman–Crippen MR) is 121 cm³/mol. The van der Waals surface area contributed by atoms with Crippen molar-refractivity contribution < 1.29 is 19.4 Å². The molecule has 1 aromatic heterocycles. The molecule has 170 valence electrons. The SMILES string of the molecule is Cc1c(N2CCC(Oc3ccc4c(c3)COC4)CC2)nc2c(c1C)C(=O)N([C@@H](C)CO)C2. The number of hydrogen-bond donors (Lipinski definition) is 1. The lowest BCUT2D eigenvalue weighted by Crippen LogP contribution is -2.39. The molecule has 0 aliphatic carbocycles. The van der Waals surface area contributed by atoms with Crippen molar-refractivity contribution in [3.05, 3.63) is 51.7 Å². The van der Waals surface area contributed by atoms with E-state index in [2.05, 4.69) is 24.0 Å². The highest BCUT2D eigenvalue weighted by Gasteiger charge is 2.35. The molecule has 2 aromatic rings. The van der Waals surface area contributed by atoms with Gasteiger partial charge in [0.1, 0.15) is 17.7 Å². The molecule has 7 heteroatoms. The van der Waals surface area contributed by atoms with Crippen molar-refractivity contribution in [2.75, 3.05) is 24.6 Å². The molecule has 1 atom stereocenters. The van der Waals surface area contributed by atoms with E-state index in [1.807, 2.05) is 19.9 Å². The summed E-state index contributed by atoms with van der Waals surface area (Å²) in [6, 6.07) is 6.06. The molecule has 3 aliphatic heterocycles. The van der Waals surface area contributed by atoms with Crippen LogP contribution in [0, 0.1) is 13.8 Å². The normalized spacial score (nSPS) is 19.3. The molecule has 5 rings (SSSR count). The lowest BCUT2D eigenvalue weighted by atomic mass is 10.0. The van der Waals surface area contributed by atoms with Crippen LogP contribution in [0.25, 0.3) is 0 Å². The van der Waals surface area contributed by atoms with Crippen molar-refractivity contribution in [2.45, 2.75) is 65.5 Å². The van der Waals surface area contributed by atoms with Crippen LogP contribution in [0.1, 0.15) is 58.1 Å². The molecule has 1 aromatic carbocycles. The standard InChI is InChI=1S/C25H31N3O4/c1-15(12-29)28-11-22-23(25(28)30)16(2)17(3)24(26-22)27-8-6-20(7-9-27)32-21-5-4-18-13-31-14-19(18)10-21/h4-5,10,15,20,29H,6-9,11-14H2,1-3H3/t15-/m0/s1. The maximum Gasteiger partial charge on any atom is 0.256 e. The summed E-state index contributed by atoms with van der Waals surface area (Å²) in [6.45, 7) is 9.46.